The van der Waals surface area contributed by atoms with Gasteiger partial charge >= 0.3 is 0 Å². The quantitative estimate of drug-likeness (QED) is 0.667. The summed E-state index contributed by atoms with van der Waals surface area (Å²) in [5.74, 6) is 2.34. The molecule has 1 unspecified atom stereocenters. The van der Waals surface area contributed by atoms with Crippen LogP contribution < -0.4 is 5.32 Å². The van der Waals surface area contributed by atoms with Gasteiger partial charge in [0.15, 0.2) is 0 Å². The monoisotopic (exact) mass is 393 g/mol. The molecule has 1 aromatic carbocycles. The van der Waals surface area contributed by atoms with Gasteiger partial charge in [-0.2, -0.15) is 0 Å². The maximum Gasteiger partial charge on any atom is 0.254 e. The molecule has 1 atom stereocenters. The van der Waals surface area contributed by atoms with E-state index in [1.165, 1.54) is 18.1 Å². The highest BCUT2D eigenvalue weighted by Crippen LogP contribution is 2.18. The van der Waals surface area contributed by atoms with Gasteiger partial charge in [0, 0.05) is 45.6 Å². The Morgan fingerprint density at radius 1 is 1.17 bits per heavy atom. The van der Waals surface area contributed by atoms with E-state index in [-0.39, 0.29) is 5.91 Å². The summed E-state index contributed by atoms with van der Waals surface area (Å²) in [6.45, 7) is 6.71. The number of carbonyl (C=O) groups excluding carboxylic acids is 1. The molecule has 7 heteroatoms. The minimum Gasteiger partial charge on any atom is -0.472 e. The Morgan fingerprint density at radius 3 is 2.83 bits per heavy atom. The lowest BCUT2D eigenvalue weighted by molar-refractivity contribution is 0.0953. The number of fused-ring (bicyclic) bond motifs is 1. The Bertz CT molecular complexity index is 920. The molecule has 7 nitrogen and oxygen atoms in total. The Hall–Kier alpha value is -2.93. The Kier molecular flexibility index (Phi) is 6.05. The lowest BCUT2D eigenvalue weighted by Crippen LogP contribution is -2.31. The molecule has 0 bridgehead atoms. The maximum absolute atomic E-state index is 12.0. The number of nitrogens with zero attached hydrogens (tertiary/aromatic N) is 4. The first-order valence-electron chi connectivity index (χ1n) is 10.2. The summed E-state index contributed by atoms with van der Waals surface area (Å²) in [5, 5.41) is 11.7. The number of nitrogens with one attached hydrogen (secondary N) is 1. The van der Waals surface area contributed by atoms with E-state index in [0.717, 1.165) is 44.2 Å². The smallest absolute Gasteiger partial charge is 0.254 e. The van der Waals surface area contributed by atoms with Crippen LogP contribution in [0, 0.1) is 0 Å². The third-order valence-electron chi connectivity index (χ3n) is 5.51. The van der Waals surface area contributed by atoms with Crippen LogP contribution in [0.1, 0.15) is 40.4 Å². The number of carbonyl (C=O) groups is 1. The summed E-state index contributed by atoms with van der Waals surface area (Å²) in [5.41, 5.74) is 1.92. The zero-order valence-electron chi connectivity index (χ0n) is 16.8. The van der Waals surface area contributed by atoms with Crippen molar-refractivity contribution in [2.24, 2.45) is 0 Å². The highest BCUT2D eigenvalue weighted by Gasteiger charge is 2.20. The summed E-state index contributed by atoms with van der Waals surface area (Å²) >= 11 is 0. The Labute approximate surface area is 170 Å². The highest BCUT2D eigenvalue weighted by molar-refractivity contribution is 5.93. The summed E-state index contributed by atoms with van der Waals surface area (Å²) in [4.78, 5) is 14.5. The molecule has 1 aliphatic heterocycles. The van der Waals surface area contributed by atoms with Crippen molar-refractivity contribution in [1.29, 1.82) is 0 Å². The molecule has 3 aromatic rings. The summed E-state index contributed by atoms with van der Waals surface area (Å²) in [6, 6.07) is 12.3. The second-order valence-corrected chi connectivity index (χ2v) is 7.56. The molecule has 29 heavy (non-hydrogen) atoms. The molecule has 0 spiro atoms. The van der Waals surface area contributed by atoms with Crippen molar-refractivity contribution in [3.8, 4) is 0 Å². The predicted molar refractivity (Wildman–Crippen MR) is 110 cm³/mol. The second-order valence-electron chi connectivity index (χ2n) is 7.56. The molecule has 3 heterocycles. The van der Waals surface area contributed by atoms with Gasteiger partial charge in [0.05, 0.1) is 11.8 Å². The van der Waals surface area contributed by atoms with Crippen LogP contribution in [0.3, 0.4) is 0 Å². The van der Waals surface area contributed by atoms with Crippen molar-refractivity contribution >= 4 is 5.91 Å². The van der Waals surface area contributed by atoms with E-state index in [9.17, 15) is 4.79 Å². The van der Waals surface area contributed by atoms with Gasteiger partial charge in [-0.15, -0.1) is 10.2 Å². The van der Waals surface area contributed by atoms with E-state index in [1.54, 1.807) is 6.07 Å². The van der Waals surface area contributed by atoms with Gasteiger partial charge in [-0.25, -0.2) is 0 Å². The van der Waals surface area contributed by atoms with Gasteiger partial charge in [-0.05, 0) is 17.5 Å². The van der Waals surface area contributed by atoms with Crippen molar-refractivity contribution in [3.05, 3.63) is 71.7 Å². The first-order chi connectivity index (χ1) is 14.2. The third kappa shape index (κ3) is 4.74. The minimum atomic E-state index is -0.129. The van der Waals surface area contributed by atoms with Crippen molar-refractivity contribution in [2.45, 2.75) is 32.2 Å². The number of amides is 1. The van der Waals surface area contributed by atoms with Crippen LogP contribution in [0.5, 0.6) is 0 Å². The molecule has 0 radical (unpaired) electrons. The number of rotatable bonds is 7. The van der Waals surface area contributed by atoms with Crippen LogP contribution in [0.15, 0.2) is 53.3 Å². The molecule has 0 saturated carbocycles. The number of hydrogen-bond acceptors (Lipinski definition) is 5. The van der Waals surface area contributed by atoms with Gasteiger partial charge in [-0.1, -0.05) is 37.3 Å². The van der Waals surface area contributed by atoms with Gasteiger partial charge in [0.25, 0.3) is 5.91 Å². The van der Waals surface area contributed by atoms with Gasteiger partial charge in [-0.3, -0.25) is 4.79 Å². The van der Waals surface area contributed by atoms with Gasteiger partial charge < -0.3 is 19.2 Å². The third-order valence-corrected chi connectivity index (χ3v) is 5.51. The summed E-state index contributed by atoms with van der Waals surface area (Å²) in [7, 11) is 0. The average Bonchev–Trinajstić information content (AvgIpc) is 3.37. The zero-order valence-corrected chi connectivity index (χ0v) is 16.8. The van der Waals surface area contributed by atoms with E-state index in [4.69, 9.17) is 4.42 Å². The molecule has 0 fully saturated rings. The van der Waals surface area contributed by atoms with E-state index >= 15 is 0 Å². The Balaban J connectivity index is 1.30. The zero-order chi connectivity index (χ0) is 20.1. The van der Waals surface area contributed by atoms with Crippen LogP contribution in [0.2, 0.25) is 0 Å². The molecule has 1 aliphatic rings. The topological polar surface area (TPSA) is 76.2 Å². The molecule has 0 aliphatic carbocycles. The van der Waals surface area contributed by atoms with Crippen molar-refractivity contribution < 1.29 is 9.21 Å². The first kappa shape index (κ1) is 19.4. The van der Waals surface area contributed by atoms with E-state index in [1.807, 2.05) is 0 Å². The highest BCUT2D eigenvalue weighted by atomic mass is 16.3. The summed E-state index contributed by atoms with van der Waals surface area (Å²) in [6.07, 6.45) is 4.51. The molecule has 1 N–H and O–H groups in total. The normalized spacial score (nSPS) is 15.5. The number of aromatic nitrogens is 3. The van der Waals surface area contributed by atoms with Gasteiger partial charge in [0.2, 0.25) is 0 Å². The summed E-state index contributed by atoms with van der Waals surface area (Å²) < 4.78 is 7.17. The molecule has 1 amide bonds. The standard InChI is InChI=1S/C22H27N5O2/c1-17(18-5-3-2-4-6-18)15-26-11-8-21-25-24-20(27(21)13-12-26)7-10-23-22(28)19-9-14-29-16-19/h2-6,9,14,16-17H,7-8,10-13,15H2,1H3,(H,23,28). The van der Waals surface area contributed by atoms with Crippen LogP contribution in [0.25, 0.3) is 0 Å². The van der Waals surface area contributed by atoms with E-state index in [0.29, 0.717) is 24.4 Å². The fourth-order valence-electron chi connectivity index (χ4n) is 3.85. The molecule has 4 rings (SSSR count). The molecule has 152 valence electrons. The predicted octanol–water partition coefficient (Wildman–Crippen LogP) is 2.51. The number of hydrogen-bond donors (Lipinski definition) is 1. The number of furan rings is 1. The van der Waals surface area contributed by atoms with E-state index < -0.39 is 0 Å². The molecular weight excluding hydrogens is 366 g/mol. The van der Waals surface area contributed by atoms with Gasteiger partial charge in [0.1, 0.15) is 17.9 Å². The maximum atomic E-state index is 12.0. The Morgan fingerprint density at radius 2 is 2.03 bits per heavy atom. The lowest BCUT2D eigenvalue weighted by atomic mass is 10.0. The van der Waals surface area contributed by atoms with Crippen molar-refractivity contribution in [2.75, 3.05) is 26.2 Å². The van der Waals surface area contributed by atoms with Crippen molar-refractivity contribution in [1.82, 2.24) is 25.0 Å². The fraction of sp³-hybridized carbons (Fsp3) is 0.409. The van der Waals surface area contributed by atoms with E-state index in [2.05, 4.69) is 62.2 Å². The minimum absolute atomic E-state index is 0.129. The number of benzene rings is 1. The molecule has 0 saturated heterocycles. The SMILES string of the molecule is CC(CN1CCc2nnc(CCNC(=O)c3ccoc3)n2CC1)c1ccccc1. The van der Waals surface area contributed by atoms with Crippen LogP contribution >= 0.6 is 0 Å². The van der Waals surface area contributed by atoms with Crippen LogP contribution in [-0.4, -0.2) is 51.8 Å². The first-order valence-corrected chi connectivity index (χ1v) is 10.2. The molecular formula is C22H27N5O2. The van der Waals surface area contributed by atoms with Crippen LogP contribution in [-0.2, 0) is 19.4 Å². The lowest BCUT2D eigenvalue weighted by Gasteiger charge is -2.24. The van der Waals surface area contributed by atoms with Crippen molar-refractivity contribution in [3.63, 3.8) is 0 Å². The second kappa shape index (κ2) is 9.05. The van der Waals surface area contributed by atoms with Crippen LogP contribution in [0.4, 0.5) is 0 Å². The largest absolute Gasteiger partial charge is 0.472 e. The average molecular weight is 393 g/mol. The molecule has 2 aromatic heterocycles. The fourth-order valence-corrected chi connectivity index (χ4v) is 3.85.